The normalized spacial score (nSPS) is 10.1. The summed E-state index contributed by atoms with van der Waals surface area (Å²) in [6.45, 7) is -0.527. The van der Waals surface area contributed by atoms with Crippen molar-refractivity contribution in [3.05, 3.63) is 0 Å². The summed E-state index contributed by atoms with van der Waals surface area (Å²) in [6, 6.07) is 0. The lowest BCUT2D eigenvalue weighted by Crippen LogP contribution is -2.31. The first-order valence-electron chi connectivity index (χ1n) is 5.59. The Labute approximate surface area is 95.4 Å². The smallest absolute Gasteiger partial charge is 0.323 e. The molecular weight excluding hydrogens is 213 g/mol. The van der Waals surface area contributed by atoms with Crippen molar-refractivity contribution in [1.82, 2.24) is 4.90 Å². The fourth-order valence-corrected chi connectivity index (χ4v) is 1.38. The number of carbonyl (C=O) groups is 2. The van der Waals surface area contributed by atoms with Crippen LogP contribution in [0.15, 0.2) is 0 Å². The Morgan fingerprint density at radius 3 is 2.25 bits per heavy atom. The maximum atomic E-state index is 11.7. The maximum Gasteiger partial charge on any atom is 0.323 e. The van der Waals surface area contributed by atoms with Crippen LogP contribution in [0.1, 0.15) is 38.5 Å². The molecule has 0 atom stereocenters. The quantitative estimate of drug-likeness (QED) is 0.618. The molecule has 0 aliphatic heterocycles. The number of hydrogen-bond acceptors (Lipinski definition) is 2. The molecule has 0 unspecified atom stereocenters. The lowest BCUT2D eigenvalue weighted by atomic mass is 10.1. The highest BCUT2D eigenvalue weighted by atomic mass is 19.1. The van der Waals surface area contributed by atoms with Gasteiger partial charge in [0.1, 0.15) is 6.54 Å². The Balaban J connectivity index is 3.46. The minimum absolute atomic E-state index is 0.145. The lowest BCUT2D eigenvalue weighted by molar-refractivity contribution is -0.143. The molecule has 4 nitrogen and oxygen atoms in total. The van der Waals surface area contributed by atoms with Gasteiger partial charge in [-0.05, 0) is 12.8 Å². The SMILES string of the molecule is CN(CC(=O)O)C(=O)CCCCCCCF. The van der Waals surface area contributed by atoms with Crippen molar-refractivity contribution in [1.29, 1.82) is 0 Å². The number of alkyl halides is 1. The average molecular weight is 233 g/mol. The molecule has 94 valence electrons. The Morgan fingerprint density at radius 2 is 1.69 bits per heavy atom. The number of hydrogen-bond donors (Lipinski definition) is 1. The molecule has 0 spiro atoms. The predicted octanol–water partition coefficient (Wildman–Crippen LogP) is 1.84. The lowest BCUT2D eigenvalue weighted by Gasteiger charge is -2.14. The summed E-state index contributed by atoms with van der Waals surface area (Å²) >= 11 is 0. The Hall–Kier alpha value is -1.13. The number of carboxylic acids is 1. The van der Waals surface area contributed by atoms with E-state index in [0.29, 0.717) is 12.8 Å². The maximum absolute atomic E-state index is 11.7. The number of aliphatic carboxylic acids is 1. The molecular formula is C11H20FNO3. The van der Waals surface area contributed by atoms with Gasteiger partial charge in [-0.3, -0.25) is 14.0 Å². The third kappa shape index (κ3) is 8.20. The highest BCUT2D eigenvalue weighted by Gasteiger charge is 2.10. The average Bonchev–Trinajstić information content (AvgIpc) is 2.21. The number of likely N-dealkylation sites (N-methyl/N-ethyl adjacent to an activating group) is 1. The second kappa shape index (κ2) is 9.12. The monoisotopic (exact) mass is 233 g/mol. The van der Waals surface area contributed by atoms with Crippen molar-refractivity contribution < 1.29 is 19.1 Å². The first-order valence-corrected chi connectivity index (χ1v) is 5.59. The molecule has 0 radical (unpaired) electrons. The van der Waals surface area contributed by atoms with Crippen molar-refractivity contribution in [2.75, 3.05) is 20.3 Å². The predicted molar refractivity (Wildman–Crippen MR) is 58.9 cm³/mol. The van der Waals surface area contributed by atoms with Crippen LogP contribution in [0, 0.1) is 0 Å². The van der Waals surface area contributed by atoms with Crippen LogP contribution >= 0.6 is 0 Å². The Kier molecular flexibility index (Phi) is 8.48. The molecule has 0 saturated carbocycles. The standard InChI is InChI=1S/C11H20FNO3/c1-13(9-11(15)16)10(14)7-5-3-2-4-6-8-12/h2-9H2,1H3,(H,15,16). The number of carboxylic acid groups (broad SMARTS) is 1. The topological polar surface area (TPSA) is 57.6 Å². The van der Waals surface area contributed by atoms with Gasteiger partial charge >= 0.3 is 5.97 Å². The molecule has 0 bridgehead atoms. The van der Waals surface area contributed by atoms with E-state index in [2.05, 4.69) is 0 Å². The Morgan fingerprint density at radius 1 is 1.12 bits per heavy atom. The molecule has 0 aromatic heterocycles. The second-order valence-corrected chi connectivity index (χ2v) is 3.85. The fourth-order valence-electron chi connectivity index (χ4n) is 1.38. The minimum Gasteiger partial charge on any atom is -0.480 e. The Bertz CT molecular complexity index is 221. The van der Waals surface area contributed by atoms with E-state index in [-0.39, 0.29) is 19.1 Å². The summed E-state index contributed by atoms with van der Waals surface area (Å²) < 4.78 is 11.7. The zero-order valence-electron chi connectivity index (χ0n) is 9.75. The number of rotatable bonds is 9. The molecule has 0 fully saturated rings. The van der Waals surface area contributed by atoms with Crippen LogP contribution in [-0.2, 0) is 9.59 Å². The van der Waals surface area contributed by atoms with Crippen LogP contribution in [0.4, 0.5) is 4.39 Å². The van der Waals surface area contributed by atoms with Gasteiger partial charge in [0.15, 0.2) is 0 Å². The number of unbranched alkanes of at least 4 members (excludes halogenated alkanes) is 4. The van der Waals surface area contributed by atoms with Crippen molar-refractivity contribution in [2.24, 2.45) is 0 Å². The second-order valence-electron chi connectivity index (χ2n) is 3.85. The van der Waals surface area contributed by atoms with E-state index in [0.717, 1.165) is 25.7 Å². The van der Waals surface area contributed by atoms with Gasteiger partial charge in [-0.25, -0.2) is 0 Å². The third-order valence-corrected chi connectivity index (χ3v) is 2.32. The van der Waals surface area contributed by atoms with E-state index >= 15 is 0 Å². The zero-order chi connectivity index (χ0) is 12.4. The molecule has 5 heteroatoms. The van der Waals surface area contributed by atoms with Crippen LogP contribution in [0.25, 0.3) is 0 Å². The van der Waals surface area contributed by atoms with Crippen molar-refractivity contribution in [3.8, 4) is 0 Å². The van der Waals surface area contributed by atoms with E-state index in [1.165, 1.54) is 11.9 Å². The molecule has 0 aromatic carbocycles. The molecule has 1 N–H and O–H groups in total. The summed E-state index contributed by atoms with van der Waals surface area (Å²) in [5.74, 6) is -1.15. The molecule has 1 amide bonds. The summed E-state index contributed by atoms with van der Waals surface area (Å²) in [4.78, 5) is 22.9. The van der Waals surface area contributed by atoms with E-state index in [1.807, 2.05) is 0 Å². The van der Waals surface area contributed by atoms with E-state index < -0.39 is 5.97 Å². The number of amides is 1. The van der Waals surface area contributed by atoms with Gasteiger partial charge < -0.3 is 10.0 Å². The van der Waals surface area contributed by atoms with Gasteiger partial charge in [0, 0.05) is 13.5 Å². The summed E-state index contributed by atoms with van der Waals surface area (Å²) in [6.07, 6.45) is 4.39. The number of halogens is 1. The van der Waals surface area contributed by atoms with Gasteiger partial charge in [-0.2, -0.15) is 0 Å². The minimum atomic E-state index is -1.00. The zero-order valence-corrected chi connectivity index (χ0v) is 9.75. The van der Waals surface area contributed by atoms with E-state index in [9.17, 15) is 14.0 Å². The third-order valence-electron chi connectivity index (χ3n) is 2.32. The van der Waals surface area contributed by atoms with Crippen LogP contribution in [-0.4, -0.2) is 42.1 Å². The first kappa shape index (κ1) is 14.9. The molecule has 0 aromatic rings. The van der Waals surface area contributed by atoms with Gasteiger partial charge in [0.2, 0.25) is 5.91 Å². The van der Waals surface area contributed by atoms with Crippen molar-refractivity contribution >= 4 is 11.9 Å². The van der Waals surface area contributed by atoms with E-state index in [4.69, 9.17) is 5.11 Å². The summed E-state index contributed by atoms with van der Waals surface area (Å²) in [5, 5.41) is 8.47. The van der Waals surface area contributed by atoms with Crippen LogP contribution in [0.2, 0.25) is 0 Å². The van der Waals surface area contributed by atoms with Crippen LogP contribution in [0.3, 0.4) is 0 Å². The molecule has 0 aliphatic rings. The highest BCUT2D eigenvalue weighted by molar-refractivity contribution is 5.80. The van der Waals surface area contributed by atoms with Crippen molar-refractivity contribution in [3.63, 3.8) is 0 Å². The van der Waals surface area contributed by atoms with Gasteiger partial charge in [-0.15, -0.1) is 0 Å². The van der Waals surface area contributed by atoms with E-state index in [1.54, 1.807) is 0 Å². The largest absolute Gasteiger partial charge is 0.480 e. The molecule has 0 heterocycles. The van der Waals surface area contributed by atoms with Crippen LogP contribution in [0.5, 0.6) is 0 Å². The molecule has 0 aliphatic carbocycles. The fraction of sp³-hybridized carbons (Fsp3) is 0.818. The van der Waals surface area contributed by atoms with Crippen molar-refractivity contribution in [2.45, 2.75) is 38.5 Å². The van der Waals surface area contributed by atoms with Crippen LogP contribution < -0.4 is 0 Å². The van der Waals surface area contributed by atoms with Gasteiger partial charge in [-0.1, -0.05) is 19.3 Å². The summed E-state index contributed by atoms with van der Waals surface area (Å²) in [5.41, 5.74) is 0. The first-order chi connectivity index (χ1) is 7.57. The number of nitrogens with zero attached hydrogens (tertiary/aromatic N) is 1. The van der Waals surface area contributed by atoms with Gasteiger partial charge in [0.25, 0.3) is 0 Å². The summed E-state index contributed by atoms with van der Waals surface area (Å²) in [7, 11) is 1.49. The molecule has 0 saturated heterocycles. The van der Waals surface area contributed by atoms with Gasteiger partial charge in [0.05, 0.1) is 6.67 Å². The molecule has 16 heavy (non-hydrogen) atoms. The molecule has 0 rings (SSSR count). The number of carbonyl (C=O) groups excluding carboxylic acids is 1. The highest BCUT2D eigenvalue weighted by Crippen LogP contribution is 2.06.